The van der Waals surface area contributed by atoms with Crippen LogP contribution in [0.4, 0.5) is 0 Å². The van der Waals surface area contributed by atoms with Crippen molar-refractivity contribution in [2.24, 2.45) is 0 Å². The zero-order valence-electron chi connectivity index (χ0n) is 44.9. The van der Waals surface area contributed by atoms with Crippen LogP contribution in [-0.2, 0) is 21.7 Å². The number of hydrogen-bond acceptors (Lipinski definition) is 0. The van der Waals surface area contributed by atoms with Crippen LogP contribution in [0, 0.1) is 0 Å². The normalized spacial score (nSPS) is 14.5. The van der Waals surface area contributed by atoms with Crippen LogP contribution in [-0.4, -0.2) is 15.8 Å². The van der Waals surface area contributed by atoms with Crippen LogP contribution < -0.4 is 16.4 Å². The Kier molecular flexibility index (Phi) is 8.50. The van der Waals surface area contributed by atoms with Crippen molar-refractivity contribution in [3.05, 3.63) is 233 Å². The molecule has 364 valence electrons. The summed E-state index contributed by atoms with van der Waals surface area (Å²) in [6, 6.07) is 75.8. The van der Waals surface area contributed by atoms with E-state index in [1.807, 2.05) is 0 Å². The lowest BCUT2D eigenvalue weighted by molar-refractivity contribution is 0.588. The van der Waals surface area contributed by atoms with E-state index in [0.29, 0.717) is 0 Å². The van der Waals surface area contributed by atoms with E-state index in [2.05, 4.69) is 266 Å². The summed E-state index contributed by atoms with van der Waals surface area (Å²) in [7, 11) is 0. The third kappa shape index (κ3) is 5.48. The Labute approximate surface area is 446 Å². The minimum Gasteiger partial charge on any atom is -0.310 e. The minimum absolute atomic E-state index is 0.0371. The van der Waals surface area contributed by atoms with E-state index in [1.54, 1.807) is 0 Å². The highest BCUT2D eigenvalue weighted by molar-refractivity contribution is 7.01. The zero-order chi connectivity index (χ0) is 51.5. The zero-order valence-corrected chi connectivity index (χ0v) is 44.9. The lowest BCUT2D eigenvalue weighted by Gasteiger charge is -2.44. The molecule has 0 atom stereocenters. The maximum absolute atomic E-state index is 2.78. The average Bonchev–Trinajstić information content (AvgIpc) is 4.24. The summed E-state index contributed by atoms with van der Waals surface area (Å²) in [5.74, 6) is 0. The SMILES string of the molecule is CC(C)(C)c1ccc(-c2c(-c3ccccc3)n3c4c(c5ccccc5cc24)B2c4c-3ccc3c4-n4c5c2cc(C(C)(C)C)cc5c2cc(C(C)(C)C)cc(c24)C32c3ccccc3-c3ccccc32)c(-c2ccccc2)c1. The first kappa shape index (κ1) is 44.2. The molecule has 5 heterocycles. The number of fused-ring (bicyclic) bond motifs is 13. The van der Waals surface area contributed by atoms with Crippen molar-refractivity contribution in [3.63, 3.8) is 0 Å². The molecule has 0 unspecified atom stereocenters. The van der Waals surface area contributed by atoms with E-state index in [9.17, 15) is 0 Å². The standard InChI is InChI=1S/C73H59BN2/c1-70(2,3)45-32-33-51(52(37-45)42-22-12-10-13-23-42)62-55-36-44-26-16-17-27-48(44)63-68(55)75(65(62)43-24-14-11-15-25-43)61-35-34-58-69-64(61)74(63)60-41-47(72(7,8)9)39-54-53-38-46(71(4,5)6)40-59(66(53)76(69)67(54)60)73(58)56-30-20-18-28-49(56)50-29-19-21-31-57(50)73/h10-41H,1-9H3. The molecular weight excluding hydrogens is 916 g/mol. The minimum atomic E-state index is -0.575. The molecule has 10 aromatic carbocycles. The van der Waals surface area contributed by atoms with Gasteiger partial charge in [-0.05, 0) is 146 Å². The molecule has 0 radical (unpaired) electrons. The van der Waals surface area contributed by atoms with Gasteiger partial charge in [-0.15, -0.1) is 0 Å². The lowest BCUT2D eigenvalue weighted by atomic mass is 9.33. The highest BCUT2D eigenvalue weighted by Gasteiger charge is 2.55. The molecule has 3 aliphatic heterocycles. The summed E-state index contributed by atoms with van der Waals surface area (Å²) >= 11 is 0. The predicted molar refractivity (Wildman–Crippen MR) is 323 cm³/mol. The fourth-order valence-corrected chi connectivity index (χ4v) is 14.8. The molecule has 4 aliphatic rings. The van der Waals surface area contributed by atoms with E-state index >= 15 is 0 Å². The fourth-order valence-electron chi connectivity index (χ4n) is 14.8. The van der Waals surface area contributed by atoms with Crippen molar-refractivity contribution in [1.82, 2.24) is 9.13 Å². The molecule has 1 spiro atoms. The Bertz CT molecular complexity index is 4510. The van der Waals surface area contributed by atoms with Gasteiger partial charge in [-0.25, -0.2) is 0 Å². The van der Waals surface area contributed by atoms with Crippen LogP contribution in [0.3, 0.4) is 0 Å². The summed E-state index contributed by atoms with van der Waals surface area (Å²) in [5.41, 5.74) is 29.7. The van der Waals surface area contributed by atoms with Crippen LogP contribution in [0.15, 0.2) is 194 Å². The second-order valence-corrected chi connectivity index (χ2v) is 25.6. The second-order valence-electron chi connectivity index (χ2n) is 25.6. The monoisotopic (exact) mass is 974 g/mol. The number of benzene rings is 10. The molecule has 16 rings (SSSR count). The second kappa shape index (κ2) is 14.6. The summed E-state index contributed by atoms with van der Waals surface area (Å²) in [5, 5.41) is 6.59. The molecule has 0 N–H and O–H groups in total. The summed E-state index contributed by atoms with van der Waals surface area (Å²) in [4.78, 5) is 0. The molecule has 76 heavy (non-hydrogen) atoms. The Balaban J connectivity index is 1.16. The van der Waals surface area contributed by atoms with Gasteiger partial charge in [0, 0.05) is 38.6 Å². The van der Waals surface area contributed by atoms with Gasteiger partial charge in [0.1, 0.15) is 0 Å². The van der Waals surface area contributed by atoms with Crippen molar-refractivity contribution in [3.8, 4) is 56.0 Å². The molecule has 2 nitrogen and oxygen atoms in total. The lowest BCUT2D eigenvalue weighted by Crippen LogP contribution is -2.61. The van der Waals surface area contributed by atoms with E-state index in [4.69, 9.17) is 0 Å². The van der Waals surface area contributed by atoms with Gasteiger partial charge in [0.2, 0.25) is 0 Å². The fraction of sp³-hybridized carbons (Fsp3) is 0.178. The van der Waals surface area contributed by atoms with E-state index in [0.717, 1.165) is 0 Å². The molecule has 3 heteroatoms. The van der Waals surface area contributed by atoms with Crippen LogP contribution >= 0.6 is 0 Å². The Morgan fingerprint density at radius 3 is 1.63 bits per heavy atom. The van der Waals surface area contributed by atoms with Gasteiger partial charge in [-0.3, -0.25) is 0 Å². The molecule has 12 aromatic rings. The van der Waals surface area contributed by atoms with Gasteiger partial charge in [-0.1, -0.05) is 226 Å². The van der Waals surface area contributed by atoms with Gasteiger partial charge in [0.15, 0.2) is 0 Å². The predicted octanol–water partition coefficient (Wildman–Crippen LogP) is 16.6. The number of hydrogen-bond donors (Lipinski definition) is 0. The molecule has 0 fully saturated rings. The molecule has 0 bridgehead atoms. The van der Waals surface area contributed by atoms with Crippen molar-refractivity contribution >= 4 is 66.6 Å². The first-order chi connectivity index (χ1) is 36.6. The molecular formula is C73H59BN2. The quantitative estimate of drug-likeness (QED) is 0.156. The Morgan fingerprint density at radius 1 is 0.368 bits per heavy atom. The van der Waals surface area contributed by atoms with Crippen molar-refractivity contribution in [2.75, 3.05) is 0 Å². The molecule has 0 amide bonds. The number of rotatable bonds is 3. The van der Waals surface area contributed by atoms with Gasteiger partial charge in [-0.2, -0.15) is 0 Å². The van der Waals surface area contributed by atoms with Gasteiger partial charge in [0.25, 0.3) is 6.71 Å². The summed E-state index contributed by atoms with van der Waals surface area (Å²) in [6.07, 6.45) is 0. The number of aromatic nitrogens is 2. The van der Waals surface area contributed by atoms with Crippen molar-refractivity contribution < 1.29 is 0 Å². The van der Waals surface area contributed by atoms with E-state index < -0.39 is 5.41 Å². The smallest absolute Gasteiger partial charge is 0.253 e. The largest absolute Gasteiger partial charge is 0.310 e. The van der Waals surface area contributed by atoms with Gasteiger partial charge in [0.05, 0.1) is 22.1 Å². The van der Waals surface area contributed by atoms with Crippen LogP contribution in [0.25, 0.3) is 99.5 Å². The Morgan fingerprint density at radius 2 is 0.961 bits per heavy atom. The molecule has 0 saturated carbocycles. The van der Waals surface area contributed by atoms with Crippen molar-refractivity contribution in [2.45, 2.75) is 84.0 Å². The third-order valence-corrected chi connectivity index (χ3v) is 18.3. The first-order valence-electron chi connectivity index (χ1n) is 27.5. The van der Waals surface area contributed by atoms with Gasteiger partial charge >= 0.3 is 0 Å². The Hall–Kier alpha value is -8.14. The maximum atomic E-state index is 2.78. The molecule has 2 aromatic heterocycles. The first-order valence-corrected chi connectivity index (χ1v) is 27.5. The molecule has 1 aliphatic carbocycles. The molecule has 0 saturated heterocycles. The number of nitrogens with zero attached hydrogens (tertiary/aromatic N) is 2. The average molecular weight is 975 g/mol. The maximum Gasteiger partial charge on any atom is 0.253 e. The van der Waals surface area contributed by atoms with Crippen molar-refractivity contribution in [1.29, 1.82) is 0 Å². The van der Waals surface area contributed by atoms with Crippen LogP contribution in [0.5, 0.6) is 0 Å². The van der Waals surface area contributed by atoms with Crippen LogP contribution in [0.1, 0.15) is 101 Å². The highest BCUT2D eigenvalue weighted by atomic mass is 15.1. The topological polar surface area (TPSA) is 9.86 Å². The summed E-state index contributed by atoms with van der Waals surface area (Å²) in [6.45, 7) is 21.3. The van der Waals surface area contributed by atoms with Gasteiger partial charge < -0.3 is 9.13 Å². The summed E-state index contributed by atoms with van der Waals surface area (Å²) < 4.78 is 5.52. The third-order valence-electron chi connectivity index (χ3n) is 18.3. The highest BCUT2D eigenvalue weighted by Crippen LogP contribution is 2.62. The van der Waals surface area contributed by atoms with Crippen LogP contribution in [0.2, 0.25) is 0 Å². The van der Waals surface area contributed by atoms with E-state index in [1.165, 1.54) is 155 Å². The van der Waals surface area contributed by atoms with E-state index in [-0.39, 0.29) is 23.0 Å².